The molecular weight excluding hydrogens is 260 g/mol. The summed E-state index contributed by atoms with van der Waals surface area (Å²) in [7, 11) is 0. The number of carbonyl (C=O) groups excluding carboxylic acids is 1. The lowest BCUT2D eigenvalue weighted by Crippen LogP contribution is -2.48. The van der Waals surface area contributed by atoms with Gasteiger partial charge in [-0.15, -0.1) is 0 Å². The molecule has 2 N–H and O–H groups in total. The first-order valence-corrected chi connectivity index (χ1v) is 6.62. The Morgan fingerprint density at radius 3 is 2.95 bits per heavy atom. The van der Waals surface area contributed by atoms with Crippen LogP contribution in [0.2, 0.25) is 0 Å². The van der Waals surface area contributed by atoms with Crippen molar-refractivity contribution in [1.29, 1.82) is 0 Å². The third-order valence-corrected chi connectivity index (χ3v) is 3.44. The molecule has 0 bridgehead atoms. The Morgan fingerprint density at radius 2 is 2.35 bits per heavy atom. The van der Waals surface area contributed by atoms with Gasteiger partial charge in [0.25, 0.3) is 5.91 Å². The Balaban J connectivity index is 2.10. The van der Waals surface area contributed by atoms with Crippen LogP contribution in [0, 0.1) is 12.8 Å². The molecule has 0 saturated carbocycles. The van der Waals surface area contributed by atoms with Crippen LogP contribution < -0.4 is 5.32 Å². The number of pyridine rings is 1. The van der Waals surface area contributed by atoms with E-state index in [0.29, 0.717) is 18.8 Å². The molecule has 2 unspecified atom stereocenters. The zero-order chi connectivity index (χ0) is 14.5. The number of aryl methyl sites for hydroxylation is 1. The minimum atomic E-state index is -1.04. The molecule has 1 fully saturated rings. The average Bonchev–Trinajstić information content (AvgIpc) is 2.45. The van der Waals surface area contributed by atoms with Crippen molar-refractivity contribution < 1.29 is 19.4 Å². The molecule has 1 aliphatic rings. The first kappa shape index (κ1) is 14.5. The highest BCUT2D eigenvalue weighted by atomic mass is 16.5. The number of carboxylic acid groups (broad SMARTS) is 1. The van der Waals surface area contributed by atoms with Gasteiger partial charge >= 0.3 is 5.97 Å². The largest absolute Gasteiger partial charge is 0.480 e. The molecule has 6 heteroatoms. The highest BCUT2D eigenvalue weighted by Crippen LogP contribution is 2.18. The molecule has 1 saturated heterocycles. The van der Waals surface area contributed by atoms with Crippen molar-refractivity contribution in [1.82, 2.24) is 10.3 Å². The third-order valence-electron chi connectivity index (χ3n) is 3.44. The number of aromatic nitrogens is 1. The van der Waals surface area contributed by atoms with Crippen LogP contribution in [0.15, 0.2) is 18.3 Å². The molecule has 2 rings (SSSR count). The molecule has 2 heterocycles. The normalized spacial score (nSPS) is 20.1. The van der Waals surface area contributed by atoms with Crippen LogP contribution in [0.25, 0.3) is 0 Å². The molecule has 1 aromatic heterocycles. The number of hydrogen-bond donors (Lipinski definition) is 2. The van der Waals surface area contributed by atoms with Gasteiger partial charge in [-0.05, 0) is 31.4 Å². The molecular formula is C14H18N2O4. The molecule has 1 aromatic rings. The molecule has 2 atom stereocenters. The van der Waals surface area contributed by atoms with Crippen LogP contribution in [-0.2, 0) is 9.53 Å². The lowest BCUT2D eigenvalue weighted by Gasteiger charge is -2.28. The summed E-state index contributed by atoms with van der Waals surface area (Å²) in [6, 6.07) is 2.56. The highest BCUT2D eigenvalue weighted by Gasteiger charge is 2.32. The molecule has 108 valence electrons. The van der Waals surface area contributed by atoms with Crippen LogP contribution >= 0.6 is 0 Å². The second-order valence-corrected chi connectivity index (χ2v) is 4.94. The second-order valence-electron chi connectivity index (χ2n) is 4.94. The van der Waals surface area contributed by atoms with Gasteiger partial charge in [0.1, 0.15) is 11.7 Å². The van der Waals surface area contributed by atoms with E-state index in [2.05, 4.69) is 10.3 Å². The van der Waals surface area contributed by atoms with E-state index in [1.807, 2.05) is 0 Å². The van der Waals surface area contributed by atoms with Crippen LogP contribution in [-0.4, -0.2) is 41.2 Å². The quantitative estimate of drug-likeness (QED) is 0.857. The fourth-order valence-corrected chi connectivity index (χ4v) is 2.34. The summed E-state index contributed by atoms with van der Waals surface area (Å²) in [5, 5.41) is 11.9. The number of nitrogens with one attached hydrogen (secondary N) is 1. The van der Waals surface area contributed by atoms with Gasteiger partial charge in [-0.25, -0.2) is 4.79 Å². The summed E-state index contributed by atoms with van der Waals surface area (Å²) in [5.41, 5.74) is 0.976. The number of ether oxygens (including phenoxy) is 1. The molecule has 20 heavy (non-hydrogen) atoms. The standard InChI is InChI=1S/C14H18N2O4/c1-9-4-2-6-15-11(9)13(17)16-12(14(18)19)10-5-3-7-20-8-10/h2,4,6,10,12H,3,5,7-8H2,1H3,(H,16,17)(H,18,19). The Morgan fingerprint density at radius 1 is 1.55 bits per heavy atom. The van der Waals surface area contributed by atoms with Crippen LogP contribution in [0.1, 0.15) is 28.9 Å². The number of carbonyl (C=O) groups is 2. The monoisotopic (exact) mass is 278 g/mol. The van der Waals surface area contributed by atoms with Crippen LogP contribution in [0.3, 0.4) is 0 Å². The Bertz CT molecular complexity index is 498. The zero-order valence-corrected chi connectivity index (χ0v) is 11.3. The lowest BCUT2D eigenvalue weighted by atomic mass is 9.93. The van der Waals surface area contributed by atoms with Crippen molar-refractivity contribution in [2.45, 2.75) is 25.8 Å². The summed E-state index contributed by atoms with van der Waals surface area (Å²) in [5.74, 6) is -1.70. The van der Waals surface area contributed by atoms with E-state index in [1.165, 1.54) is 6.20 Å². The van der Waals surface area contributed by atoms with E-state index in [4.69, 9.17) is 4.74 Å². The van der Waals surface area contributed by atoms with Crippen molar-refractivity contribution in [3.8, 4) is 0 Å². The van der Waals surface area contributed by atoms with E-state index >= 15 is 0 Å². The Kier molecular flexibility index (Phi) is 4.68. The summed E-state index contributed by atoms with van der Waals surface area (Å²) >= 11 is 0. The minimum Gasteiger partial charge on any atom is -0.480 e. The van der Waals surface area contributed by atoms with Crippen molar-refractivity contribution in [2.24, 2.45) is 5.92 Å². The number of aliphatic carboxylic acids is 1. The van der Waals surface area contributed by atoms with E-state index in [9.17, 15) is 14.7 Å². The number of amides is 1. The maximum absolute atomic E-state index is 12.1. The summed E-state index contributed by atoms with van der Waals surface area (Å²) in [6.45, 7) is 2.77. The van der Waals surface area contributed by atoms with E-state index in [0.717, 1.165) is 12.8 Å². The highest BCUT2D eigenvalue weighted by molar-refractivity contribution is 5.96. The summed E-state index contributed by atoms with van der Waals surface area (Å²) < 4.78 is 5.29. The van der Waals surface area contributed by atoms with Crippen LogP contribution in [0.4, 0.5) is 0 Å². The third kappa shape index (κ3) is 3.33. The van der Waals surface area contributed by atoms with Crippen LogP contribution in [0.5, 0.6) is 0 Å². The van der Waals surface area contributed by atoms with Gasteiger partial charge < -0.3 is 15.2 Å². The van der Waals surface area contributed by atoms with Gasteiger partial charge in [0.15, 0.2) is 0 Å². The second kappa shape index (κ2) is 6.47. The fourth-order valence-electron chi connectivity index (χ4n) is 2.34. The number of carboxylic acids is 1. The maximum Gasteiger partial charge on any atom is 0.326 e. The van der Waals surface area contributed by atoms with Gasteiger partial charge in [-0.1, -0.05) is 6.07 Å². The average molecular weight is 278 g/mol. The summed E-state index contributed by atoms with van der Waals surface area (Å²) in [4.78, 5) is 27.5. The predicted octanol–water partition coefficient (Wildman–Crippen LogP) is 1.000. The van der Waals surface area contributed by atoms with Gasteiger partial charge in [0, 0.05) is 18.7 Å². The number of rotatable bonds is 4. The predicted molar refractivity (Wildman–Crippen MR) is 71.4 cm³/mol. The van der Waals surface area contributed by atoms with Crippen molar-refractivity contribution >= 4 is 11.9 Å². The van der Waals surface area contributed by atoms with Crippen molar-refractivity contribution in [3.63, 3.8) is 0 Å². The molecule has 0 aliphatic carbocycles. The minimum absolute atomic E-state index is 0.200. The Hall–Kier alpha value is -1.95. The smallest absolute Gasteiger partial charge is 0.326 e. The SMILES string of the molecule is Cc1cccnc1C(=O)NC(C(=O)O)C1CCCOC1. The summed E-state index contributed by atoms with van der Waals surface area (Å²) in [6.07, 6.45) is 3.06. The van der Waals surface area contributed by atoms with E-state index in [1.54, 1.807) is 19.1 Å². The van der Waals surface area contributed by atoms with Gasteiger partial charge in [-0.3, -0.25) is 9.78 Å². The van der Waals surface area contributed by atoms with Crippen molar-refractivity contribution in [3.05, 3.63) is 29.6 Å². The molecule has 1 aliphatic heterocycles. The first-order chi connectivity index (χ1) is 9.59. The van der Waals surface area contributed by atoms with E-state index in [-0.39, 0.29) is 11.6 Å². The van der Waals surface area contributed by atoms with Crippen molar-refractivity contribution in [2.75, 3.05) is 13.2 Å². The Labute approximate surface area is 117 Å². The lowest BCUT2D eigenvalue weighted by molar-refractivity contribution is -0.142. The molecule has 0 aromatic carbocycles. The van der Waals surface area contributed by atoms with Gasteiger partial charge in [-0.2, -0.15) is 0 Å². The molecule has 1 amide bonds. The molecule has 0 radical (unpaired) electrons. The van der Waals surface area contributed by atoms with Gasteiger partial charge in [0.05, 0.1) is 6.61 Å². The van der Waals surface area contributed by atoms with E-state index < -0.39 is 17.9 Å². The molecule has 0 spiro atoms. The zero-order valence-electron chi connectivity index (χ0n) is 11.3. The topological polar surface area (TPSA) is 88.5 Å². The first-order valence-electron chi connectivity index (χ1n) is 6.62. The maximum atomic E-state index is 12.1. The van der Waals surface area contributed by atoms with Gasteiger partial charge in [0.2, 0.25) is 0 Å². The fraction of sp³-hybridized carbons (Fsp3) is 0.500. The number of hydrogen-bond acceptors (Lipinski definition) is 4. The molecule has 6 nitrogen and oxygen atoms in total. The number of nitrogens with zero attached hydrogens (tertiary/aromatic N) is 1.